The monoisotopic (exact) mass is 312 g/mol. The summed E-state index contributed by atoms with van der Waals surface area (Å²) in [6.45, 7) is 5.42. The Balaban J connectivity index is 1.90. The van der Waals surface area contributed by atoms with Gasteiger partial charge in [0.2, 0.25) is 0 Å². The lowest BCUT2D eigenvalue weighted by Crippen LogP contribution is -2.28. The minimum atomic E-state index is -0.486. The maximum absolute atomic E-state index is 12.3. The van der Waals surface area contributed by atoms with Crippen molar-refractivity contribution >= 4 is 16.9 Å². The van der Waals surface area contributed by atoms with E-state index in [4.69, 9.17) is 4.42 Å². The predicted octanol–water partition coefficient (Wildman–Crippen LogP) is 2.02. The van der Waals surface area contributed by atoms with E-state index in [1.807, 2.05) is 13.0 Å². The second-order valence-electron chi connectivity index (χ2n) is 5.45. The zero-order chi connectivity index (χ0) is 16.6. The lowest BCUT2D eigenvalue weighted by Gasteiger charge is -2.10. The number of aryl methyl sites for hydroxylation is 2. The van der Waals surface area contributed by atoms with Gasteiger partial charge in [0.25, 0.3) is 5.91 Å². The smallest absolute Gasteiger partial charge is 0.287 e. The average Bonchev–Trinajstić information content (AvgIpc) is 2.93. The molecule has 0 aliphatic carbocycles. The van der Waals surface area contributed by atoms with E-state index in [0.717, 1.165) is 5.56 Å². The topological polar surface area (TPSA) is 101 Å². The van der Waals surface area contributed by atoms with Gasteiger partial charge in [-0.25, -0.2) is 4.98 Å². The van der Waals surface area contributed by atoms with Gasteiger partial charge in [-0.3, -0.25) is 14.7 Å². The quantitative estimate of drug-likeness (QED) is 0.770. The van der Waals surface area contributed by atoms with Crippen molar-refractivity contribution in [2.45, 2.75) is 26.8 Å². The number of aromatic amines is 1. The van der Waals surface area contributed by atoms with Crippen LogP contribution in [0, 0.1) is 13.8 Å². The Bertz CT molecular complexity index is 942. The molecule has 7 heteroatoms. The van der Waals surface area contributed by atoms with Gasteiger partial charge in [-0.05, 0) is 38.5 Å². The van der Waals surface area contributed by atoms with Gasteiger partial charge in [0, 0.05) is 6.07 Å². The first-order chi connectivity index (χ1) is 10.9. The Morgan fingerprint density at radius 2 is 2.09 bits per heavy atom. The summed E-state index contributed by atoms with van der Waals surface area (Å²) in [5.74, 6) is 0.608. The first-order valence-electron chi connectivity index (χ1n) is 7.18. The molecule has 1 aromatic carbocycles. The van der Waals surface area contributed by atoms with Gasteiger partial charge < -0.3 is 9.73 Å². The third-order valence-electron chi connectivity index (χ3n) is 3.46. The summed E-state index contributed by atoms with van der Waals surface area (Å²) in [5, 5.41) is 9.88. The van der Waals surface area contributed by atoms with E-state index < -0.39 is 11.9 Å². The van der Waals surface area contributed by atoms with Crippen LogP contribution in [0.2, 0.25) is 0 Å². The molecule has 0 saturated carbocycles. The Kier molecular flexibility index (Phi) is 3.69. The Morgan fingerprint density at radius 3 is 2.78 bits per heavy atom. The number of fused-ring (bicyclic) bond motifs is 1. The number of hydrogen-bond donors (Lipinski definition) is 2. The molecule has 1 amide bonds. The van der Waals surface area contributed by atoms with Gasteiger partial charge >= 0.3 is 0 Å². The van der Waals surface area contributed by atoms with Crippen LogP contribution in [-0.2, 0) is 0 Å². The molecule has 1 atom stereocenters. The van der Waals surface area contributed by atoms with Crippen molar-refractivity contribution in [3.05, 3.63) is 57.5 Å². The number of nitrogens with zero attached hydrogens (tertiary/aromatic N) is 2. The normalized spacial score (nSPS) is 12.3. The minimum absolute atomic E-state index is 0.0350. The highest BCUT2D eigenvalue weighted by Gasteiger charge is 2.18. The number of hydrogen-bond acceptors (Lipinski definition) is 5. The van der Waals surface area contributed by atoms with Crippen molar-refractivity contribution < 1.29 is 9.21 Å². The Labute approximate surface area is 131 Å². The molecule has 0 saturated heterocycles. The van der Waals surface area contributed by atoms with Crippen LogP contribution in [0.15, 0.2) is 33.5 Å². The first-order valence-corrected chi connectivity index (χ1v) is 7.18. The molecular formula is C16H16N4O3. The van der Waals surface area contributed by atoms with Crippen LogP contribution in [0.5, 0.6) is 0 Å². The van der Waals surface area contributed by atoms with E-state index in [9.17, 15) is 9.59 Å². The maximum atomic E-state index is 12.3. The fourth-order valence-corrected chi connectivity index (χ4v) is 2.26. The molecule has 0 fully saturated rings. The fraction of sp³-hybridized carbons (Fsp3) is 0.250. The standard InChI is InChI=1S/C16H16N4O3/c1-8-4-5-11-12(21)7-14(23-13(11)6-8)16(22)17-9(2)15-18-10(3)19-20-15/h4-7,9H,1-3H3,(H,17,22)(H,18,19,20). The van der Waals surface area contributed by atoms with Crippen LogP contribution < -0.4 is 10.7 Å². The number of nitrogens with one attached hydrogen (secondary N) is 2. The summed E-state index contributed by atoms with van der Waals surface area (Å²) in [6.07, 6.45) is 0. The van der Waals surface area contributed by atoms with Crippen molar-refractivity contribution in [2.75, 3.05) is 0 Å². The van der Waals surface area contributed by atoms with Gasteiger partial charge in [-0.2, -0.15) is 5.10 Å². The second kappa shape index (κ2) is 5.68. The third kappa shape index (κ3) is 2.98. The highest BCUT2D eigenvalue weighted by molar-refractivity contribution is 5.93. The van der Waals surface area contributed by atoms with Crippen LogP contribution in [0.25, 0.3) is 11.0 Å². The van der Waals surface area contributed by atoms with E-state index in [1.54, 1.807) is 26.0 Å². The van der Waals surface area contributed by atoms with Crippen molar-refractivity contribution in [3.8, 4) is 0 Å². The van der Waals surface area contributed by atoms with E-state index in [2.05, 4.69) is 20.5 Å². The van der Waals surface area contributed by atoms with Gasteiger partial charge in [0.15, 0.2) is 17.0 Å². The van der Waals surface area contributed by atoms with Gasteiger partial charge in [-0.1, -0.05) is 6.07 Å². The van der Waals surface area contributed by atoms with Crippen molar-refractivity contribution in [3.63, 3.8) is 0 Å². The lowest BCUT2D eigenvalue weighted by atomic mass is 10.1. The van der Waals surface area contributed by atoms with E-state index in [0.29, 0.717) is 22.6 Å². The number of H-pyrrole nitrogens is 1. The SMILES string of the molecule is Cc1ccc2c(=O)cc(C(=O)NC(C)c3n[nH]c(C)n3)oc2c1. The molecule has 0 radical (unpaired) electrons. The summed E-state index contributed by atoms with van der Waals surface area (Å²) >= 11 is 0. The molecule has 3 rings (SSSR count). The van der Waals surface area contributed by atoms with Gasteiger partial charge in [0.05, 0.1) is 11.4 Å². The minimum Gasteiger partial charge on any atom is -0.451 e. The number of rotatable bonds is 3. The molecule has 3 aromatic rings. The Hall–Kier alpha value is -2.96. The summed E-state index contributed by atoms with van der Waals surface area (Å²) in [4.78, 5) is 28.6. The molecule has 1 unspecified atom stereocenters. The maximum Gasteiger partial charge on any atom is 0.287 e. The third-order valence-corrected chi connectivity index (χ3v) is 3.46. The van der Waals surface area contributed by atoms with Gasteiger partial charge in [-0.15, -0.1) is 0 Å². The molecule has 2 N–H and O–H groups in total. The summed E-state index contributed by atoms with van der Waals surface area (Å²) in [5.41, 5.74) is 1.09. The molecule has 23 heavy (non-hydrogen) atoms. The highest BCUT2D eigenvalue weighted by atomic mass is 16.3. The predicted molar refractivity (Wildman–Crippen MR) is 84.2 cm³/mol. The molecule has 2 heterocycles. The first kappa shape index (κ1) is 15.0. The number of benzene rings is 1. The molecule has 118 valence electrons. The number of amides is 1. The second-order valence-corrected chi connectivity index (χ2v) is 5.45. The molecule has 2 aromatic heterocycles. The summed E-state index contributed by atoms with van der Waals surface area (Å²) in [7, 11) is 0. The zero-order valence-corrected chi connectivity index (χ0v) is 13.0. The molecule has 7 nitrogen and oxygen atoms in total. The number of carbonyl (C=O) groups excluding carboxylic acids is 1. The van der Waals surface area contributed by atoms with E-state index in [1.165, 1.54) is 6.07 Å². The lowest BCUT2D eigenvalue weighted by molar-refractivity contribution is 0.0911. The highest BCUT2D eigenvalue weighted by Crippen LogP contribution is 2.15. The largest absolute Gasteiger partial charge is 0.451 e. The fourth-order valence-electron chi connectivity index (χ4n) is 2.26. The zero-order valence-electron chi connectivity index (χ0n) is 13.0. The summed E-state index contributed by atoms with van der Waals surface area (Å²) in [6, 6.07) is 6.04. The van der Waals surface area contributed by atoms with Crippen LogP contribution in [0.3, 0.4) is 0 Å². The molecule has 0 aliphatic rings. The van der Waals surface area contributed by atoms with Crippen LogP contribution in [-0.4, -0.2) is 21.1 Å². The molecular weight excluding hydrogens is 296 g/mol. The van der Waals surface area contributed by atoms with Crippen LogP contribution in [0.1, 0.15) is 40.7 Å². The van der Waals surface area contributed by atoms with Crippen LogP contribution in [0.4, 0.5) is 0 Å². The molecule has 0 spiro atoms. The van der Waals surface area contributed by atoms with Crippen molar-refractivity contribution in [1.29, 1.82) is 0 Å². The Morgan fingerprint density at radius 1 is 1.30 bits per heavy atom. The number of carbonyl (C=O) groups is 1. The number of aromatic nitrogens is 3. The van der Waals surface area contributed by atoms with E-state index in [-0.39, 0.29) is 11.2 Å². The van der Waals surface area contributed by atoms with E-state index >= 15 is 0 Å². The average molecular weight is 312 g/mol. The van der Waals surface area contributed by atoms with Crippen LogP contribution >= 0.6 is 0 Å². The molecule has 0 aliphatic heterocycles. The van der Waals surface area contributed by atoms with Crippen molar-refractivity contribution in [1.82, 2.24) is 20.5 Å². The summed E-state index contributed by atoms with van der Waals surface area (Å²) < 4.78 is 5.57. The van der Waals surface area contributed by atoms with Crippen molar-refractivity contribution in [2.24, 2.45) is 0 Å². The molecule has 0 bridgehead atoms. The van der Waals surface area contributed by atoms with Gasteiger partial charge in [0.1, 0.15) is 11.4 Å².